The van der Waals surface area contributed by atoms with Gasteiger partial charge in [0.25, 0.3) is 0 Å². The summed E-state index contributed by atoms with van der Waals surface area (Å²) < 4.78 is 7.82. The van der Waals surface area contributed by atoms with Crippen LogP contribution in [0.1, 0.15) is 63.1 Å². The molecule has 2 heterocycles. The van der Waals surface area contributed by atoms with Crippen molar-refractivity contribution in [2.45, 2.75) is 70.1 Å². The molecule has 4 nitrogen and oxygen atoms in total. The maximum Gasteiger partial charge on any atom is 0.0762 e. The maximum absolute atomic E-state index is 5.63. The number of aromatic nitrogens is 2. The second kappa shape index (κ2) is 7.23. The van der Waals surface area contributed by atoms with E-state index in [2.05, 4.69) is 22.3 Å². The van der Waals surface area contributed by atoms with Gasteiger partial charge in [-0.15, -0.1) is 0 Å². The van der Waals surface area contributed by atoms with E-state index in [4.69, 9.17) is 9.84 Å². The quantitative estimate of drug-likeness (QED) is 0.812. The fourth-order valence-electron chi connectivity index (χ4n) is 3.37. The van der Waals surface area contributed by atoms with Crippen molar-refractivity contribution in [1.82, 2.24) is 15.1 Å². The molecule has 2 fully saturated rings. The summed E-state index contributed by atoms with van der Waals surface area (Å²) in [6.07, 6.45) is 13.0. The highest BCUT2D eigenvalue weighted by Gasteiger charge is 2.16. The van der Waals surface area contributed by atoms with E-state index in [9.17, 15) is 0 Å². The first-order chi connectivity index (χ1) is 9.92. The summed E-state index contributed by atoms with van der Waals surface area (Å²) in [6.45, 7) is 2.86. The second-order valence-corrected chi connectivity index (χ2v) is 6.18. The highest BCUT2D eigenvalue weighted by molar-refractivity contribution is 4.99. The summed E-state index contributed by atoms with van der Waals surface area (Å²) in [5.74, 6) is 0. The lowest BCUT2D eigenvalue weighted by atomic mass is 9.96. The molecule has 1 aromatic heterocycles. The number of nitrogens with one attached hydrogen (secondary N) is 1. The first-order valence-corrected chi connectivity index (χ1v) is 8.28. The highest BCUT2D eigenvalue weighted by Crippen LogP contribution is 2.27. The third kappa shape index (κ3) is 3.83. The zero-order chi connectivity index (χ0) is 13.6. The molecule has 2 aliphatic rings. The van der Waals surface area contributed by atoms with Gasteiger partial charge in [-0.2, -0.15) is 5.10 Å². The first kappa shape index (κ1) is 14.1. The smallest absolute Gasteiger partial charge is 0.0762 e. The topological polar surface area (TPSA) is 39.1 Å². The van der Waals surface area contributed by atoms with Gasteiger partial charge in [-0.25, -0.2) is 0 Å². The van der Waals surface area contributed by atoms with Crippen molar-refractivity contribution < 1.29 is 4.74 Å². The monoisotopic (exact) mass is 277 g/mol. The molecule has 0 bridgehead atoms. The number of hydrogen-bond acceptors (Lipinski definition) is 3. The van der Waals surface area contributed by atoms with Crippen LogP contribution in [-0.2, 0) is 11.3 Å². The Morgan fingerprint density at radius 1 is 1.20 bits per heavy atom. The Labute approximate surface area is 121 Å². The van der Waals surface area contributed by atoms with Gasteiger partial charge in [0.15, 0.2) is 0 Å². The molecule has 1 aliphatic carbocycles. The molecule has 0 amide bonds. The Morgan fingerprint density at radius 2 is 2.10 bits per heavy atom. The Bertz CT molecular complexity index is 392. The molecule has 0 aromatic carbocycles. The maximum atomic E-state index is 5.63. The number of hydrogen-bond donors (Lipinski definition) is 1. The molecule has 3 rings (SSSR count). The van der Waals surface area contributed by atoms with Crippen LogP contribution >= 0.6 is 0 Å². The zero-order valence-corrected chi connectivity index (χ0v) is 12.4. The fraction of sp³-hybridized carbons (Fsp3) is 0.812. The van der Waals surface area contributed by atoms with E-state index in [1.165, 1.54) is 50.6 Å². The standard InChI is InChI=1S/C16H27N3O/c1-2-5-15(6-3-1)19-11-9-14(18-19)13-17-10-8-16-7-4-12-20-16/h9,11,15-17H,1-8,10,12-13H2. The molecule has 1 atom stereocenters. The van der Waals surface area contributed by atoms with Crippen LogP contribution in [0.25, 0.3) is 0 Å². The van der Waals surface area contributed by atoms with Crippen LogP contribution < -0.4 is 5.32 Å². The van der Waals surface area contributed by atoms with Crippen LogP contribution in [0.5, 0.6) is 0 Å². The van der Waals surface area contributed by atoms with Crippen LogP contribution in [0, 0.1) is 0 Å². The zero-order valence-electron chi connectivity index (χ0n) is 12.4. The van der Waals surface area contributed by atoms with Gasteiger partial charge in [0.1, 0.15) is 0 Å². The summed E-state index contributed by atoms with van der Waals surface area (Å²) in [4.78, 5) is 0. The summed E-state index contributed by atoms with van der Waals surface area (Å²) in [6, 6.07) is 2.80. The molecule has 1 aliphatic heterocycles. The van der Waals surface area contributed by atoms with Crippen LogP contribution in [0.2, 0.25) is 0 Å². The Morgan fingerprint density at radius 3 is 2.90 bits per heavy atom. The largest absolute Gasteiger partial charge is 0.378 e. The third-order valence-electron chi connectivity index (χ3n) is 4.59. The van der Waals surface area contributed by atoms with Crippen molar-refractivity contribution in [1.29, 1.82) is 0 Å². The van der Waals surface area contributed by atoms with Crippen molar-refractivity contribution in [2.75, 3.05) is 13.2 Å². The van der Waals surface area contributed by atoms with Gasteiger partial charge in [-0.3, -0.25) is 4.68 Å². The van der Waals surface area contributed by atoms with Gasteiger partial charge < -0.3 is 10.1 Å². The molecule has 0 radical (unpaired) electrons. The third-order valence-corrected chi connectivity index (χ3v) is 4.59. The lowest BCUT2D eigenvalue weighted by Gasteiger charge is -2.21. The molecular weight excluding hydrogens is 250 g/mol. The number of ether oxygens (including phenoxy) is 1. The predicted molar refractivity (Wildman–Crippen MR) is 79.6 cm³/mol. The average Bonchev–Trinajstić information content (AvgIpc) is 3.16. The van der Waals surface area contributed by atoms with Crippen molar-refractivity contribution in [3.63, 3.8) is 0 Å². The van der Waals surface area contributed by atoms with Crippen LogP contribution in [0.3, 0.4) is 0 Å². The molecule has 1 unspecified atom stereocenters. The van der Waals surface area contributed by atoms with Gasteiger partial charge >= 0.3 is 0 Å². The van der Waals surface area contributed by atoms with E-state index >= 15 is 0 Å². The summed E-state index contributed by atoms with van der Waals surface area (Å²) in [7, 11) is 0. The molecule has 1 aromatic rings. The second-order valence-electron chi connectivity index (χ2n) is 6.18. The molecule has 1 N–H and O–H groups in total. The van der Waals surface area contributed by atoms with Crippen molar-refractivity contribution >= 4 is 0 Å². The van der Waals surface area contributed by atoms with Crippen LogP contribution in [0.4, 0.5) is 0 Å². The van der Waals surface area contributed by atoms with Crippen LogP contribution in [-0.4, -0.2) is 29.0 Å². The Hall–Kier alpha value is -0.870. The van der Waals surface area contributed by atoms with Crippen molar-refractivity contribution in [3.05, 3.63) is 18.0 Å². The van der Waals surface area contributed by atoms with Gasteiger partial charge in [-0.05, 0) is 44.7 Å². The minimum atomic E-state index is 0.488. The van der Waals surface area contributed by atoms with Crippen LogP contribution in [0.15, 0.2) is 12.3 Å². The van der Waals surface area contributed by atoms with E-state index in [1.807, 2.05) is 0 Å². The number of nitrogens with zero attached hydrogens (tertiary/aromatic N) is 2. The van der Waals surface area contributed by atoms with Gasteiger partial charge in [0.2, 0.25) is 0 Å². The minimum Gasteiger partial charge on any atom is -0.378 e. The van der Waals surface area contributed by atoms with E-state index in [0.29, 0.717) is 12.1 Å². The molecular formula is C16H27N3O. The summed E-state index contributed by atoms with van der Waals surface area (Å²) >= 11 is 0. The SMILES string of the molecule is c1cn(C2CCCCC2)nc1CNCCC1CCCO1. The van der Waals surface area contributed by atoms with Crippen molar-refractivity contribution in [3.8, 4) is 0 Å². The predicted octanol–water partition coefficient (Wildman–Crippen LogP) is 3.05. The number of rotatable bonds is 6. The van der Waals surface area contributed by atoms with Gasteiger partial charge in [-0.1, -0.05) is 19.3 Å². The summed E-state index contributed by atoms with van der Waals surface area (Å²) in [5.41, 5.74) is 1.17. The Balaban J connectivity index is 1.38. The van der Waals surface area contributed by atoms with Gasteiger partial charge in [0.05, 0.1) is 17.8 Å². The first-order valence-electron chi connectivity index (χ1n) is 8.28. The molecule has 20 heavy (non-hydrogen) atoms. The molecule has 0 spiro atoms. The normalized spacial score (nSPS) is 24.3. The fourth-order valence-corrected chi connectivity index (χ4v) is 3.37. The van der Waals surface area contributed by atoms with Crippen molar-refractivity contribution in [2.24, 2.45) is 0 Å². The van der Waals surface area contributed by atoms with E-state index < -0.39 is 0 Å². The lowest BCUT2D eigenvalue weighted by molar-refractivity contribution is 0.104. The molecule has 4 heteroatoms. The summed E-state index contributed by atoms with van der Waals surface area (Å²) in [5, 5.41) is 8.22. The molecule has 1 saturated carbocycles. The Kier molecular flexibility index (Phi) is 5.09. The van der Waals surface area contributed by atoms with E-state index in [0.717, 1.165) is 26.1 Å². The minimum absolute atomic E-state index is 0.488. The van der Waals surface area contributed by atoms with E-state index in [1.54, 1.807) is 0 Å². The van der Waals surface area contributed by atoms with Gasteiger partial charge in [0, 0.05) is 19.3 Å². The molecule has 112 valence electrons. The molecule has 1 saturated heterocycles. The highest BCUT2D eigenvalue weighted by atomic mass is 16.5. The van der Waals surface area contributed by atoms with E-state index in [-0.39, 0.29) is 0 Å². The lowest BCUT2D eigenvalue weighted by Crippen LogP contribution is -2.20. The average molecular weight is 277 g/mol.